The van der Waals surface area contributed by atoms with E-state index in [1.807, 2.05) is 24.0 Å². The molecule has 3 aliphatic heterocycles. The number of carbonyl (C=O) groups is 1. The van der Waals surface area contributed by atoms with Gasteiger partial charge < -0.3 is 4.90 Å². The number of fused-ring (bicyclic) bond motifs is 5. The summed E-state index contributed by atoms with van der Waals surface area (Å²) in [4.78, 5) is 21.7. The largest absolute Gasteiger partial charge is 0.335 e. The first-order valence-electron chi connectivity index (χ1n) is 9.25. The lowest BCUT2D eigenvalue weighted by molar-refractivity contribution is 0.0727. The second-order valence-corrected chi connectivity index (χ2v) is 7.41. The molecule has 0 aromatic carbocycles. The topological polar surface area (TPSA) is 40.8 Å². The minimum absolute atomic E-state index is 0.0439. The third kappa shape index (κ3) is 2.82. The van der Waals surface area contributed by atoms with Crippen LogP contribution in [0.5, 0.6) is 0 Å². The van der Waals surface area contributed by atoms with E-state index < -0.39 is 5.95 Å². The number of aromatic nitrogens is 2. The Labute approximate surface area is 147 Å². The number of hydrogen-bond acceptors (Lipinski definition) is 3. The van der Waals surface area contributed by atoms with Gasteiger partial charge in [0.15, 0.2) is 5.69 Å². The molecule has 0 radical (unpaired) electrons. The summed E-state index contributed by atoms with van der Waals surface area (Å²) < 4.78 is 16.3. The summed E-state index contributed by atoms with van der Waals surface area (Å²) in [5, 5.41) is 0. The van der Waals surface area contributed by atoms with Gasteiger partial charge in [-0.05, 0) is 50.8 Å². The van der Waals surface area contributed by atoms with Crippen LogP contribution in [0, 0.1) is 18.8 Å². The molecule has 6 heteroatoms. The fraction of sp³-hybridized carbons (Fsp3) is 0.579. The summed E-state index contributed by atoms with van der Waals surface area (Å²) in [7, 11) is 0. The molecule has 3 fully saturated rings. The Hall–Kier alpha value is -1.95. The maximum absolute atomic E-state index is 14.8. The number of amides is 1. The first-order valence-corrected chi connectivity index (χ1v) is 9.25. The summed E-state index contributed by atoms with van der Waals surface area (Å²) >= 11 is 0. The maximum atomic E-state index is 14.8. The van der Waals surface area contributed by atoms with Crippen LogP contribution in [-0.2, 0) is 0 Å². The minimum Gasteiger partial charge on any atom is -0.335 e. The van der Waals surface area contributed by atoms with Gasteiger partial charge in [0.25, 0.3) is 5.91 Å². The highest BCUT2D eigenvalue weighted by Gasteiger charge is 2.37. The minimum atomic E-state index is -0.542. The lowest BCUT2D eigenvalue weighted by Gasteiger charge is -2.35. The van der Waals surface area contributed by atoms with Crippen molar-refractivity contribution in [2.24, 2.45) is 5.92 Å². The normalized spacial score (nSPS) is 24.0. The van der Waals surface area contributed by atoms with Gasteiger partial charge in [-0.15, -0.1) is 0 Å². The van der Waals surface area contributed by atoms with Crippen molar-refractivity contribution in [3.63, 3.8) is 0 Å². The van der Waals surface area contributed by atoms with Crippen molar-refractivity contribution in [2.75, 3.05) is 26.2 Å². The van der Waals surface area contributed by atoms with E-state index in [2.05, 4.69) is 16.8 Å². The summed E-state index contributed by atoms with van der Waals surface area (Å²) in [6.07, 6.45) is 3.40. The van der Waals surface area contributed by atoms with E-state index in [-0.39, 0.29) is 11.6 Å². The van der Waals surface area contributed by atoms with Gasteiger partial charge in [-0.1, -0.05) is 13.0 Å². The Morgan fingerprint density at radius 1 is 1.28 bits per heavy atom. The highest BCUT2D eigenvalue weighted by Crippen LogP contribution is 2.29. The van der Waals surface area contributed by atoms with E-state index in [4.69, 9.17) is 0 Å². The Bertz CT molecular complexity index is 802. The molecular weight excluding hydrogens is 319 g/mol. The van der Waals surface area contributed by atoms with Crippen LogP contribution >= 0.6 is 0 Å². The molecule has 5 heterocycles. The van der Waals surface area contributed by atoms with E-state index in [9.17, 15) is 9.18 Å². The number of carbonyl (C=O) groups excluding carboxylic acids is 1. The third-order valence-electron chi connectivity index (χ3n) is 5.61. The van der Waals surface area contributed by atoms with Crippen LogP contribution in [0.4, 0.5) is 4.39 Å². The number of aryl methyl sites for hydroxylation is 1. The van der Waals surface area contributed by atoms with Crippen LogP contribution in [0.2, 0.25) is 0 Å². The lowest BCUT2D eigenvalue weighted by Crippen LogP contribution is -2.44. The standard InChI is InChI=1S/C19H25FN4O/c1-3-9-22-10-14-7-8-15(22)12-23(11-14)19(25)17-18(20)24-13(2)5-4-6-16(24)21-17/h4-6,14-15H,3,7-12H2,1-2H3/t14-,15-/m0/s1. The number of halogens is 1. The molecule has 2 bridgehead atoms. The fourth-order valence-electron chi connectivity index (χ4n) is 4.40. The van der Waals surface area contributed by atoms with Gasteiger partial charge in [0.1, 0.15) is 5.65 Å². The molecule has 0 aliphatic carbocycles. The van der Waals surface area contributed by atoms with Crippen LogP contribution < -0.4 is 0 Å². The number of imidazole rings is 1. The molecule has 25 heavy (non-hydrogen) atoms. The fourth-order valence-corrected chi connectivity index (χ4v) is 4.40. The first-order chi connectivity index (χ1) is 12.1. The molecule has 1 amide bonds. The second kappa shape index (κ2) is 6.41. The van der Waals surface area contributed by atoms with Crippen molar-refractivity contribution in [3.05, 3.63) is 35.5 Å². The number of nitrogens with zero attached hydrogens (tertiary/aromatic N) is 4. The van der Waals surface area contributed by atoms with Crippen LogP contribution in [0.15, 0.2) is 18.2 Å². The number of hydrogen-bond donors (Lipinski definition) is 0. The molecule has 0 saturated carbocycles. The SMILES string of the molecule is CCCN1C[C@@H]2CC[C@H]1CN(C(=O)c1nc3cccc(C)n3c1F)C2. The Balaban J connectivity index is 1.63. The van der Waals surface area contributed by atoms with E-state index in [1.165, 1.54) is 4.40 Å². The van der Waals surface area contributed by atoms with Crippen LogP contribution in [0.25, 0.3) is 5.65 Å². The Kier molecular flexibility index (Phi) is 4.23. The van der Waals surface area contributed by atoms with Gasteiger partial charge in [0, 0.05) is 31.4 Å². The molecule has 0 unspecified atom stereocenters. The Morgan fingerprint density at radius 2 is 2.12 bits per heavy atom. The molecule has 5 rings (SSSR count). The monoisotopic (exact) mass is 344 g/mol. The zero-order valence-corrected chi connectivity index (χ0v) is 14.9. The van der Waals surface area contributed by atoms with Crippen molar-refractivity contribution < 1.29 is 9.18 Å². The molecule has 5 nitrogen and oxygen atoms in total. The number of rotatable bonds is 3. The summed E-state index contributed by atoms with van der Waals surface area (Å²) in [6, 6.07) is 5.78. The van der Waals surface area contributed by atoms with Gasteiger partial charge in [0.05, 0.1) is 0 Å². The van der Waals surface area contributed by atoms with Gasteiger partial charge in [0.2, 0.25) is 5.95 Å². The molecule has 3 saturated heterocycles. The van der Waals surface area contributed by atoms with Gasteiger partial charge in [-0.2, -0.15) is 4.39 Å². The number of pyridine rings is 1. The summed E-state index contributed by atoms with van der Waals surface area (Å²) in [6.45, 7) is 7.53. The lowest BCUT2D eigenvalue weighted by atomic mass is 9.95. The molecular formula is C19H25FN4O. The van der Waals surface area contributed by atoms with Gasteiger partial charge in [-0.3, -0.25) is 14.1 Å². The van der Waals surface area contributed by atoms with Crippen LogP contribution in [-0.4, -0.2) is 57.3 Å². The zero-order chi connectivity index (χ0) is 17.6. The van der Waals surface area contributed by atoms with Crippen molar-refractivity contribution in [1.82, 2.24) is 19.2 Å². The quantitative estimate of drug-likeness (QED) is 0.860. The van der Waals surface area contributed by atoms with Crippen molar-refractivity contribution in [1.29, 1.82) is 0 Å². The smallest absolute Gasteiger partial charge is 0.277 e. The van der Waals surface area contributed by atoms with E-state index in [0.717, 1.165) is 38.0 Å². The second-order valence-electron chi connectivity index (χ2n) is 7.41. The zero-order valence-electron chi connectivity index (χ0n) is 14.9. The number of piperidine rings is 1. The molecule has 0 spiro atoms. The van der Waals surface area contributed by atoms with E-state index >= 15 is 0 Å². The Morgan fingerprint density at radius 3 is 2.88 bits per heavy atom. The van der Waals surface area contributed by atoms with Crippen LogP contribution in [0.3, 0.4) is 0 Å². The average Bonchev–Trinajstić information content (AvgIpc) is 2.74. The predicted octanol–water partition coefficient (Wildman–Crippen LogP) is 2.73. The average molecular weight is 344 g/mol. The van der Waals surface area contributed by atoms with E-state index in [1.54, 1.807) is 6.07 Å². The van der Waals surface area contributed by atoms with Crippen molar-refractivity contribution in [2.45, 2.75) is 39.2 Å². The summed E-state index contributed by atoms with van der Waals surface area (Å²) in [5.41, 5.74) is 1.19. The molecule has 0 N–H and O–H groups in total. The third-order valence-corrected chi connectivity index (χ3v) is 5.61. The molecule has 134 valence electrons. The van der Waals surface area contributed by atoms with Gasteiger partial charge in [-0.25, -0.2) is 4.98 Å². The highest BCUT2D eigenvalue weighted by atomic mass is 19.1. The molecule has 2 aromatic heterocycles. The molecule has 3 aliphatic rings. The van der Waals surface area contributed by atoms with Crippen molar-refractivity contribution in [3.8, 4) is 0 Å². The first kappa shape index (κ1) is 16.5. The van der Waals surface area contributed by atoms with Gasteiger partial charge >= 0.3 is 0 Å². The van der Waals surface area contributed by atoms with Crippen molar-refractivity contribution >= 4 is 11.6 Å². The maximum Gasteiger partial charge on any atom is 0.277 e. The van der Waals surface area contributed by atoms with Crippen LogP contribution in [0.1, 0.15) is 42.4 Å². The van der Waals surface area contributed by atoms with E-state index in [0.29, 0.717) is 30.7 Å². The molecule has 2 aromatic rings. The molecule has 2 atom stereocenters. The predicted molar refractivity (Wildman–Crippen MR) is 94.2 cm³/mol. The highest BCUT2D eigenvalue weighted by molar-refractivity contribution is 5.93. The summed E-state index contributed by atoms with van der Waals surface area (Å²) in [5.74, 6) is -0.327.